The van der Waals surface area contributed by atoms with Gasteiger partial charge in [-0.05, 0) is 6.42 Å². The molecule has 10 heteroatoms. The number of ether oxygens (including phenoxy) is 1. The third-order valence-electron chi connectivity index (χ3n) is 4.20. The van der Waals surface area contributed by atoms with E-state index in [1.165, 1.54) is 10.6 Å². The molecule has 0 radical (unpaired) electrons. The average molecular weight is 343 g/mol. The number of carbonyl (C=O) groups excluding carboxylic acids is 1. The van der Waals surface area contributed by atoms with E-state index in [2.05, 4.69) is 15.4 Å². The number of aryl methyl sites for hydroxylation is 1. The molecule has 0 aromatic carbocycles. The molecule has 9 nitrogen and oxygen atoms in total. The quantitative estimate of drug-likeness (QED) is 0.706. The minimum absolute atomic E-state index is 0.0833. The number of carbonyl (C=O) groups is 1. The van der Waals surface area contributed by atoms with Crippen molar-refractivity contribution >= 4 is 15.9 Å². The number of sulfonamides is 1. The molecule has 0 bridgehead atoms. The van der Waals surface area contributed by atoms with Crippen LogP contribution in [0, 0.1) is 5.92 Å². The van der Waals surface area contributed by atoms with Crippen LogP contribution in [0.5, 0.6) is 0 Å². The van der Waals surface area contributed by atoms with E-state index in [9.17, 15) is 13.2 Å². The summed E-state index contributed by atoms with van der Waals surface area (Å²) < 4.78 is 32.6. The van der Waals surface area contributed by atoms with Crippen LogP contribution in [0.4, 0.5) is 0 Å². The summed E-state index contributed by atoms with van der Waals surface area (Å²) in [5.74, 6) is 0.502. The van der Waals surface area contributed by atoms with E-state index in [1.807, 2.05) is 0 Å². The van der Waals surface area contributed by atoms with Crippen molar-refractivity contribution in [1.29, 1.82) is 0 Å². The predicted molar refractivity (Wildman–Crippen MR) is 81.0 cm³/mol. The van der Waals surface area contributed by atoms with E-state index in [1.54, 1.807) is 4.68 Å². The maximum absolute atomic E-state index is 12.2. The second-order valence-corrected chi connectivity index (χ2v) is 7.80. The number of nitrogens with zero attached hydrogens (tertiary/aromatic N) is 4. The van der Waals surface area contributed by atoms with Crippen LogP contribution in [0.25, 0.3) is 0 Å². The third-order valence-corrected chi connectivity index (χ3v) is 6.07. The van der Waals surface area contributed by atoms with Crippen LogP contribution in [-0.2, 0) is 32.5 Å². The largest absolute Gasteiger partial charge is 0.379 e. The molecule has 1 fully saturated rings. The molecule has 2 aliphatic heterocycles. The maximum atomic E-state index is 12.2. The highest BCUT2D eigenvalue weighted by Gasteiger charge is 2.27. The number of amides is 1. The van der Waals surface area contributed by atoms with Crippen LogP contribution >= 0.6 is 0 Å². The van der Waals surface area contributed by atoms with Gasteiger partial charge in [0.25, 0.3) is 0 Å². The minimum Gasteiger partial charge on any atom is -0.379 e. The van der Waals surface area contributed by atoms with Gasteiger partial charge < -0.3 is 10.1 Å². The fourth-order valence-corrected chi connectivity index (χ4v) is 4.18. The molecule has 128 valence electrons. The molecule has 3 heterocycles. The van der Waals surface area contributed by atoms with Crippen molar-refractivity contribution in [1.82, 2.24) is 24.4 Å². The number of nitrogens with one attached hydrogen (secondary N) is 1. The zero-order valence-electron chi connectivity index (χ0n) is 12.8. The Bertz CT molecular complexity index is 653. The summed E-state index contributed by atoms with van der Waals surface area (Å²) in [5.41, 5.74) is 0. The lowest BCUT2D eigenvalue weighted by Crippen LogP contribution is -2.44. The smallest absolute Gasteiger partial charge is 0.225 e. The van der Waals surface area contributed by atoms with Gasteiger partial charge in [0.15, 0.2) is 0 Å². The molecule has 1 saturated heterocycles. The predicted octanol–water partition coefficient (Wildman–Crippen LogP) is -1.38. The summed E-state index contributed by atoms with van der Waals surface area (Å²) in [5, 5.41) is 6.81. The number of fused-ring (bicyclic) bond motifs is 1. The molecule has 1 atom stereocenters. The minimum atomic E-state index is -3.34. The number of aromatic nitrogens is 3. The number of rotatable bonds is 5. The first kappa shape index (κ1) is 16.3. The first-order valence-electron chi connectivity index (χ1n) is 7.76. The normalized spacial score (nSPS) is 22.5. The Morgan fingerprint density at radius 3 is 2.96 bits per heavy atom. The van der Waals surface area contributed by atoms with E-state index in [0.717, 1.165) is 5.82 Å². The van der Waals surface area contributed by atoms with Crippen LogP contribution in [-0.4, -0.2) is 72.0 Å². The van der Waals surface area contributed by atoms with Crippen molar-refractivity contribution in [3.05, 3.63) is 12.2 Å². The van der Waals surface area contributed by atoms with Crippen molar-refractivity contribution in [3.8, 4) is 0 Å². The summed E-state index contributed by atoms with van der Waals surface area (Å²) in [7, 11) is -3.34. The number of hydrogen-bond donors (Lipinski definition) is 1. The lowest BCUT2D eigenvalue weighted by molar-refractivity contribution is -0.125. The summed E-state index contributed by atoms with van der Waals surface area (Å²) >= 11 is 0. The number of hydrogen-bond acceptors (Lipinski definition) is 6. The fourth-order valence-electron chi connectivity index (χ4n) is 2.85. The Labute approximate surface area is 135 Å². The molecule has 1 unspecified atom stereocenters. The van der Waals surface area contributed by atoms with E-state index in [-0.39, 0.29) is 24.1 Å². The van der Waals surface area contributed by atoms with Gasteiger partial charge in [0.05, 0.1) is 31.4 Å². The summed E-state index contributed by atoms with van der Waals surface area (Å²) in [6.45, 7) is 2.24. The molecular weight excluding hydrogens is 322 g/mol. The Balaban J connectivity index is 1.46. The standard InChI is InChI=1S/C13H21N5O4S/c19-13(11-1-2-12-15-10-16-18(12)9-11)14-3-8-23(20,21)17-4-6-22-7-5-17/h10-11H,1-9H2,(H,14,19). The van der Waals surface area contributed by atoms with Gasteiger partial charge in [0.2, 0.25) is 15.9 Å². The van der Waals surface area contributed by atoms with Gasteiger partial charge in [0, 0.05) is 26.1 Å². The zero-order valence-corrected chi connectivity index (χ0v) is 13.7. The van der Waals surface area contributed by atoms with Crippen molar-refractivity contribution in [3.63, 3.8) is 0 Å². The maximum Gasteiger partial charge on any atom is 0.225 e. The second kappa shape index (κ2) is 6.93. The monoisotopic (exact) mass is 343 g/mol. The summed E-state index contributed by atoms with van der Waals surface area (Å²) in [6, 6.07) is 0. The van der Waals surface area contributed by atoms with Crippen molar-refractivity contribution in [2.24, 2.45) is 5.92 Å². The first-order valence-corrected chi connectivity index (χ1v) is 9.37. The van der Waals surface area contributed by atoms with Crippen LogP contribution in [0.15, 0.2) is 6.33 Å². The first-order chi connectivity index (χ1) is 11.1. The highest BCUT2D eigenvalue weighted by Crippen LogP contribution is 2.17. The molecule has 0 saturated carbocycles. The average Bonchev–Trinajstić information content (AvgIpc) is 3.03. The van der Waals surface area contributed by atoms with Crippen LogP contribution < -0.4 is 5.32 Å². The fraction of sp³-hybridized carbons (Fsp3) is 0.769. The molecular formula is C13H21N5O4S. The Morgan fingerprint density at radius 2 is 2.17 bits per heavy atom. The molecule has 0 spiro atoms. The van der Waals surface area contributed by atoms with Crippen LogP contribution in [0.1, 0.15) is 12.2 Å². The van der Waals surface area contributed by atoms with E-state index in [4.69, 9.17) is 4.74 Å². The zero-order chi connectivity index (χ0) is 16.3. The van der Waals surface area contributed by atoms with Gasteiger partial charge in [0.1, 0.15) is 12.2 Å². The molecule has 1 amide bonds. The topological polar surface area (TPSA) is 106 Å². The molecule has 1 N–H and O–H groups in total. The van der Waals surface area contributed by atoms with Gasteiger partial charge in [-0.2, -0.15) is 9.40 Å². The lowest BCUT2D eigenvalue weighted by Gasteiger charge is -2.26. The molecule has 2 aliphatic rings. The Hall–Kier alpha value is -1.52. The molecule has 3 rings (SSSR count). The van der Waals surface area contributed by atoms with Gasteiger partial charge in [-0.15, -0.1) is 0 Å². The van der Waals surface area contributed by atoms with E-state index >= 15 is 0 Å². The molecule has 23 heavy (non-hydrogen) atoms. The number of morpholine rings is 1. The highest BCUT2D eigenvalue weighted by molar-refractivity contribution is 7.89. The SMILES string of the molecule is O=C(NCCS(=O)(=O)N1CCOCC1)C1CCc2ncnn2C1. The highest BCUT2D eigenvalue weighted by atomic mass is 32.2. The summed E-state index contributed by atoms with van der Waals surface area (Å²) in [4.78, 5) is 16.3. The van der Waals surface area contributed by atoms with Crippen molar-refractivity contribution < 1.29 is 17.9 Å². The summed E-state index contributed by atoms with van der Waals surface area (Å²) in [6.07, 6.45) is 2.91. The third kappa shape index (κ3) is 3.88. The van der Waals surface area contributed by atoms with E-state index in [0.29, 0.717) is 45.7 Å². The Kier molecular flexibility index (Phi) is 4.93. The molecule has 1 aromatic rings. The van der Waals surface area contributed by atoms with Crippen LogP contribution in [0.2, 0.25) is 0 Å². The van der Waals surface area contributed by atoms with Gasteiger partial charge in [-0.1, -0.05) is 0 Å². The molecule has 1 aromatic heterocycles. The lowest BCUT2D eigenvalue weighted by atomic mass is 9.99. The van der Waals surface area contributed by atoms with Gasteiger partial charge in [-0.25, -0.2) is 18.1 Å². The van der Waals surface area contributed by atoms with Crippen molar-refractivity contribution in [2.45, 2.75) is 19.4 Å². The molecule has 0 aliphatic carbocycles. The second-order valence-electron chi connectivity index (χ2n) is 5.71. The Morgan fingerprint density at radius 1 is 1.39 bits per heavy atom. The van der Waals surface area contributed by atoms with E-state index < -0.39 is 10.0 Å². The van der Waals surface area contributed by atoms with Gasteiger partial charge >= 0.3 is 0 Å². The van der Waals surface area contributed by atoms with Crippen molar-refractivity contribution in [2.75, 3.05) is 38.6 Å². The van der Waals surface area contributed by atoms with Crippen LogP contribution in [0.3, 0.4) is 0 Å². The van der Waals surface area contributed by atoms with Gasteiger partial charge in [-0.3, -0.25) is 4.79 Å².